The van der Waals surface area contributed by atoms with Crippen molar-refractivity contribution < 1.29 is 9.59 Å². The van der Waals surface area contributed by atoms with Crippen molar-refractivity contribution in [2.45, 2.75) is 57.8 Å². The van der Waals surface area contributed by atoms with Gasteiger partial charge < -0.3 is 20.4 Å². The van der Waals surface area contributed by atoms with Gasteiger partial charge in [-0.15, -0.1) is 0 Å². The minimum absolute atomic E-state index is 0.0208. The molecule has 0 saturated carbocycles. The zero-order valence-electron chi connectivity index (χ0n) is 26.1. The summed E-state index contributed by atoms with van der Waals surface area (Å²) in [6.07, 6.45) is 2.01. The molecule has 3 aromatic rings. The number of likely N-dealkylation sites (N-methyl/N-ethyl adjacent to an activating group) is 1. The maximum atomic E-state index is 14.1. The summed E-state index contributed by atoms with van der Waals surface area (Å²) in [6, 6.07) is 25.8. The highest BCUT2D eigenvalue weighted by atomic mass is 35.5. The summed E-state index contributed by atoms with van der Waals surface area (Å²) in [6.45, 7) is 11.0. The number of amides is 2. The number of nitrogens with one attached hydrogen (secondary N) is 2. The Hall–Kier alpha value is -3.23. The molecule has 1 unspecified atom stereocenters. The number of benzene rings is 3. The first-order valence-electron chi connectivity index (χ1n) is 16.1. The van der Waals surface area contributed by atoms with E-state index < -0.39 is 6.04 Å². The van der Waals surface area contributed by atoms with E-state index in [1.54, 1.807) is 0 Å². The molecule has 0 aromatic heterocycles. The lowest BCUT2D eigenvalue weighted by atomic mass is 9.95. The van der Waals surface area contributed by atoms with Crippen molar-refractivity contribution >= 4 is 23.4 Å². The largest absolute Gasteiger partial charge is 0.343 e. The van der Waals surface area contributed by atoms with Crippen molar-refractivity contribution in [1.82, 2.24) is 25.3 Å². The van der Waals surface area contributed by atoms with Crippen molar-refractivity contribution in [3.8, 4) is 0 Å². The van der Waals surface area contributed by atoms with Gasteiger partial charge in [-0.3, -0.25) is 14.5 Å². The molecule has 234 valence electrons. The summed E-state index contributed by atoms with van der Waals surface area (Å²) >= 11 is 6.14. The Bertz CT molecular complexity index is 1360. The Labute approximate surface area is 267 Å². The molecule has 5 rings (SSSR count). The van der Waals surface area contributed by atoms with Gasteiger partial charge in [0.05, 0.1) is 6.04 Å². The predicted molar refractivity (Wildman–Crippen MR) is 178 cm³/mol. The van der Waals surface area contributed by atoms with E-state index in [2.05, 4.69) is 76.7 Å². The van der Waals surface area contributed by atoms with E-state index in [1.165, 1.54) is 16.7 Å². The van der Waals surface area contributed by atoms with Crippen LogP contribution in [0, 0.1) is 0 Å². The fraction of sp³-hybridized carbons (Fsp3) is 0.444. The maximum Gasteiger partial charge on any atom is 0.245 e. The third-order valence-corrected chi connectivity index (χ3v) is 9.44. The van der Waals surface area contributed by atoms with E-state index in [-0.39, 0.29) is 17.9 Å². The number of hydrogen-bond acceptors (Lipinski definition) is 5. The van der Waals surface area contributed by atoms with E-state index in [4.69, 9.17) is 11.6 Å². The molecular formula is C36H46ClN5O2. The smallest absolute Gasteiger partial charge is 0.245 e. The van der Waals surface area contributed by atoms with Crippen molar-refractivity contribution in [1.29, 1.82) is 0 Å². The zero-order valence-corrected chi connectivity index (χ0v) is 26.8. The lowest BCUT2D eigenvalue weighted by molar-refractivity contribution is -0.138. The summed E-state index contributed by atoms with van der Waals surface area (Å²) in [5.74, 6) is -0.153. The molecule has 2 aliphatic heterocycles. The number of carbonyl (C=O) groups excluding carboxylic acids is 2. The Morgan fingerprint density at radius 2 is 1.50 bits per heavy atom. The second kappa shape index (κ2) is 15.7. The van der Waals surface area contributed by atoms with Gasteiger partial charge in [0.25, 0.3) is 0 Å². The number of hydrogen-bond donors (Lipinski definition) is 2. The second-order valence-electron chi connectivity index (χ2n) is 12.0. The first-order valence-corrected chi connectivity index (χ1v) is 16.4. The summed E-state index contributed by atoms with van der Waals surface area (Å²) in [5, 5.41) is 7.16. The van der Waals surface area contributed by atoms with E-state index in [9.17, 15) is 9.59 Å². The first kappa shape index (κ1) is 32.2. The van der Waals surface area contributed by atoms with E-state index in [1.807, 2.05) is 41.3 Å². The van der Waals surface area contributed by atoms with Crippen molar-refractivity contribution in [2.24, 2.45) is 0 Å². The molecule has 44 heavy (non-hydrogen) atoms. The summed E-state index contributed by atoms with van der Waals surface area (Å²) in [4.78, 5) is 34.6. The highest BCUT2D eigenvalue weighted by molar-refractivity contribution is 6.30. The SMILES string of the molecule is CCN(CC)CC(Cc1ccccc1)N1CCN(C(=O)[C@@H](Cc2ccc(Cl)cc2)NC(=O)[C@H]2Cc3ccccc3CN2)CC1. The van der Waals surface area contributed by atoms with Crippen LogP contribution in [0.3, 0.4) is 0 Å². The molecule has 2 aliphatic rings. The van der Waals surface area contributed by atoms with Crippen LogP contribution >= 0.6 is 11.6 Å². The Morgan fingerprint density at radius 1 is 0.864 bits per heavy atom. The summed E-state index contributed by atoms with van der Waals surface area (Å²) < 4.78 is 0. The number of carbonyl (C=O) groups is 2. The predicted octanol–water partition coefficient (Wildman–Crippen LogP) is 4.18. The van der Waals surface area contributed by atoms with Crippen molar-refractivity contribution in [3.63, 3.8) is 0 Å². The van der Waals surface area contributed by atoms with Gasteiger partial charge in [0.1, 0.15) is 6.04 Å². The molecule has 0 aliphatic carbocycles. The number of piperazine rings is 1. The molecule has 1 fully saturated rings. The van der Waals surface area contributed by atoms with Crippen LogP contribution in [0.15, 0.2) is 78.9 Å². The number of fused-ring (bicyclic) bond motifs is 1. The van der Waals surface area contributed by atoms with Crippen molar-refractivity contribution in [3.05, 3.63) is 106 Å². The second-order valence-corrected chi connectivity index (χ2v) is 12.4. The first-order chi connectivity index (χ1) is 21.4. The van der Waals surface area contributed by atoms with Gasteiger partial charge in [-0.25, -0.2) is 0 Å². The highest BCUT2D eigenvalue weighted by Gasteiger charge is 2.33. The van der Waals surface area contributed by atoms with Crippen LogP contribution in [-0.4, -0.2) is 90.5 Å². The molecule has 0 bridgehead atoms. The molecule has 2 N–H and O–H groups in total. The minimum Gasteiger partial charge on any atom is -0.343 e. The van der Waals surface area contributed by atoms with Gasteiger partial charge in [0.15, 0.2) is 0 Å². The third kappa shape index (κ3) is 8.48. The molecule has 0 spiro atoms. The normalized spacial score (nSPS) is 18.5. The Balaban J connectivity index is 1.26. The van der Waals surface area contributed by atoms with Crippen LogP contribution in [0.1, 0.15) is 36.1 Å². The molecule has 2 amide bonds. The molecule has 3 aromatic carbocycles. The average Bonchev–Trinajstić information content (AvgIpc) is 3.07. The Kier molecular flexibility index (Phi) is 11.5. The minimum atomic E-state index is -0.648. The molecule has 7 nitrogen and oxygen atoms in total. The topological polar surface area (TPSA) is 67.9 Å². The van der Waals surface area contributed by atoms with Gasteiger partial charge in [0.2, 0.25) is 11.8 Å². The standard InChI is InChI=1S/C36H46ClN5O2/c1-3-40(4-2)26-32(22-27-10-6-5-7-11-27)41-18-20-42(21-19-41)36(44)34(23-28-14-16-31(37)17-15-28)39-35(43)33-24-29-12-8-9-13-30(29)25-38-33/h5-17,32-34,38H,3-4,18-26H2,1-2H3,(H,39,43)/t32?,33-,34-/m1/s1. The molecule has 0 radical (unpaired) electrons. The van der Waals surface area contributed by atoms with Gasteiger partial charge >= 0.3 is 0 Å². The van der Waals surface area contributed by atoms with Crippen LogP contribution in [0.5, 0.6) is 0 Å². The Morgan fingerprint density at radius 3 is 2.18 bits per heavy atom. The van der Waals surface area contributed by atoms with Gasteiger partial charge in [-0.1, -0.05) is 92.2 Å². The molecule has 1 saturated heterocycles. The number of rotatable bonds is 12. The van der Waals surface area contributed by atoms with E-state index in [0.717, 1.165) is 44.7 Å². The monoisotopic (exact) mass is 615 g/mol. The average molecular weight is 616 g/mol. The van der Waals surface area contributed by atoms with Crippen LogP contribution in [-0.2, 0) is 35.4 Å². The fourth-order valence-electron chi connectivity index (χ4n) is 6.47. The van der Waals surface area contributed by atoms with Gasteiger partial charge in [-0.05, 0) is 60.3 Å². The molecular weight excluding hydrogens is 570 g/mol. The summed E-state index contributed by atoms with van der Waals surface area (Å²) in [7, 11) is 0. The molecule has 2 heterocycles. The zero-order chi connectivity index (χ0) is 30.9. The third-order valence-electron chi connectivity index (χ3n) is 9.19. The lowest BCUT2D eigenvalue weighted by Crippen LogP contribution is -2.60. The number of halogens is 1. The molecule has 8 heteroatoms. The fourth-order valence-corrected chi connectivity index (χ4v) is 6.60. The van der Waals surface area contributed by atoms with Crippen LogP contribution in [0.4, 0.5) is 0 Å². The van der Waals surface area contributed by atoms with Crippen LogP contribution in [0.2, 0.25) is 5.02 Å². The van der Waals surface area contributed by atoms with Crippen molar-refractivity contribution in [2.75, 3.05) is 45.8 Å². The maximum absolute atomic E-state index is 14.1. The van der Waals surface area contributed by atoms with E-state index in [0.29, 0.717) is 43.5 Å². The molecule has 3 atom stereocenters. The highest BCUT2D eigenvalue weighted by Crippen LogP contribution is 2.19. The van der Waals surface area contributed by atoms with Gasteiger partial charge in [0, 0.05) is 56.8 Å². The van der Waals surface area contributed by atoms with E-state index >= 15 is 0 Å². The van der Waals surface area contributed by atoms with Crippen LogP contribution < -0.4 is 10.6 Å². The quantitative estimate of drug-likeness (QED) is 0.320. The number of nitrogens with zero attached hydrogens (tertiary/aromatic N) is 3. The lowest BCUT2D eigenvalue weighted by Gasteiger charge is -2.42. The summed E-state index contributed by atoms with van der Waals surface area (Å²) in [5.41, 5.74) is 4.70. The van der Waals surface area contributed by atoms with Crippen LogP contribution in [0.25, 0.3) is 0 Å². The van der Waals surface area contributed by atoms with Gasteiger partial charge in [-0.2, -0.15) is 0 Å².